The van der Waals surface area contributed by atoms with Crippen molar-refractivity contribution >= 4 is 8.80 Å². The molecule has 0 unspecified atom stereocenters. The Morgan fingerprint density at radius 1 is 0.762 bits per heavy atom. The van der Waals surface area contributed by atoms with E-state index in [9.17, 15) is 0 Å². The molecule has 0 aromatic heterocycles. The minimum absolute atomic E-state index is 0.654. The van der Waals surface area contributed by atoms with E-state index in [0.29, 0.717) is 19.8 Å². The highest BCUT2D eigenvalue weighted by atomic mass is 28.4. The second kappa shape index (κ2) is 14.9. The molecule has 0 aliphatic carbocycles. The van der Waals surface area contributed by atoms with Crippen LogP contribution in [0.1, 0.15) is 52.9 Å². The van der Waals surface area contributed by atoms with Crippen LogP contribution >= 0.6 is 0 Å². The first-order valence-electron chi connectivity index (χ1n) is 8.57. The van der Waals surface area contributed by atoms with Crippen LogP contribution in [0, 0.1) is 0 Å². The minimum Gasteiger partial charge on any atom is -0.374 e. The maximum atomic E-state index is 5.84. The van der Waals surface area contributed by atoms with Gasteiger partial charge in [0.2, 0.25) is 0 Å². The number of unbranched alkanes of at least 4 members (excludes halogenated alkanes) is 3. The van der Waals surface area contributed by atoms with Crippen molar-refractivity contribution in [1.29, 1.82) is 0 Å². The van der Waals surface area contributed by atoms with E-state index in [2.05, 4.69) is 5.32 Å². The quantitative estimate of drug-likeness (QED) is 0.338. The zero-order chi connectivity index (χ0) is 15.8. The monoisotopic (exact) mass is 320 g/mol. The third-order valence-corrected chi connectivity index (χ3v) is 6.39. The van der Waals surface area contributed by atoms with Gasteiger partial charge in [0.15, 0.2) is 0 Å². The summed E-state index contributed by atoms with van der Waals surface area (Å²) in [6.45, 7) is 10.9. The Bertz CT molecular complexity index is 204. The second-order valence-corrected chi connectivity index (χ2v) is 7.77. The maximum absolute atomic E-state index is 5.84. The third kappa shape index (κ3) is 11.3. The van der Waals surface area contributed by atoms with E-state index in [-0.39, 0.29) is 0 Å². The molecule has 0 heterocycles. The Morgan fingerprint density at radius 2 is 1.29 bits per heavy atom. The van der Waals surface area contributed by atoms with Crippen LogP contribution in [-0.2, 0) is 13.3 Å². The lowest BCUT2D eigenvalue weighted by molar-refractivity contribution is 0.0708. The second-order valence-electron chi connectivity index (χ2n) is 5.04. The summed E-state index contributed by atoms with van der Waals surface area (Å²) < 4.78 is 17.5. The minimum atomic E-state index is -2.44. The van der Waals surface area contributed by atoms with Gasteiger partial charge >= 0.3 is 8.80 Å². The van der Waals surface area contributed by atoms with Crippen LogP contribution in [-0.4, -0.2) is 48.3 Å². The van der Waals surface area contributed by atoms with Gasteiger partial charge in [-0.05, 0) is 59.7 Å². The summed E-state index contributed by atoms with van der Waals surface area (Å²) in [6, 6.07) is 0.892. The molecule has 0 saturated carbocycles. The van der Waals surface area contributed by atoms with Crippen molar-refractivity contribution in [2.24, 2.45) is 5.73 Å². The molecular weight excluding hydrogens is 284 g/mol. The largest absolute Gasteiger partial charge is 0.500 e. The molecule has 0 amide bonds. The Hall–Kier alpha value is 0.0169. The highest BCUT2D eigenvalue weighted by Gasteiger charge is 2.39. The third-order valence-electron chi connectivity index (χ3n) is 3.24. The van der Waals surface area contributed by atoms with Crippen LogP contribution in [0.4, 0.5) is 0 Å². The standard InChI is InChI=1S/C15H36N2O3Si/c1-4-18-21(19-5-2,20-6-3)15-11-14-17-13-10-8-7-9-12-16/h17H,4-16H2,1-3H3. The molecule has 0 aliphatic heterocycles. The molecule has 0 fully saturated rings. The highest BCUT2D eigenvalue weighted by molar-refractivity contribution is 6.60. The summed E-state index contributed by atoms with van der Waals surface area (Å²) in [6.07, 6.45) is 5.91. The smallest absolute Gasteiger partial charge is 0.374 e. The van der Waals surface area contributed by atoms with Gasteiger partial charge in [-0.2, -0.15) is 0 Å². The number of hydrogen-bond acceptors (Lipinski definition) is 5. The van der Waals surface area contributed by atoms with Gasteiger partial charge in [0.1, 0.15) is 0 Å². The van der Waals surface area contributed by atoms with Crippen molar-refractivity contribution in [3.63, 3.8) is 0 Å². The number of nitrogens with one attached hydrogen (secondary N) is 1. The molecule has 6 heteroatoms. The van der Waals surface area contributed by atoms with Crippen LogP contribution in [0.2, 0.25) is 6.04 Å². The average molecular weight is 321 g/mol. The topological polar surface area (TPSA) is 65.7 Å². The zero-order valence-electron chi connectivity index (χ0n) is 14.3. The molecule has 0 rings (SSSR count). The first-order chi connectivity index (χ1) is 10.2. The van der Waals surface area contributed by atoms with Crippen molar-refractivity contribution in [3.8, 4) is 0 Å². The predicted molar refractivity (Wildman–Crippen MR) is 90.4 cm³/mol. The van der Waals surface area contributed by atoms with Crippen molar-refractivity contribution in [2.75, 3.05) is 39.5 Å². The fraction of sp³-hybridized carbons (Fsp3) is 1.00. The van der Waals surface area contributed by atoms with E-state index in [1.165, 1.54) is 19.3 Å². The van der Waals surface area contributed by atoms with Gasteiger partial charge in [-0.15, -0.1) is 0 Å². The van der Waals surface area contributed by atoms with Crippen LogP contribution in [0.3, 0.4) is 0 Å². The Balaban J connectivity index is 3.76. The molecule has 0 aromatic rings. The molecule has 21 heavy (non-hydrogen) atoms. The molecule has 0 saturated heterocycles. The summed E-state index contributed by atoms with van der Waals surface area (Å²) in [5.74, 6) is 0. The van der Waals surface area contributed by atoms with Gasteiger partial charge in [-0.1, -0.05) is 12.8 Å². The van der Waals surface area contributed by atoms with Gasteiger partial charge in [0.05, 0.1) is 0 Å². The Morgan fingerprint density at radius 3 is 1.81 bits per heavy atom. The van der Waals surface area contributed by atoms with Gasteiger partial charge < -0.3 is 24.3 Å². The zero-order valence-corrected chi connectivity index (χ0v) is 15.3. The summed E-state index contributed by atoms with van der Waals surface area (Å²) in [5, 5.41) is 3.49. The van der Waals surface area contributed by atoms with Gasteiger partial charge in [0, 0.05) is 25.9 Å². The summed E-state index contributed by atoms with van der Waals surface area (Å²) in [4.78, 5) is 0. The average Bonchev–Trinajstić information content (AvgIpc) is 2.46. The van der Waals surface area contributed by atoms with Crippen LogP contribution < -0.4 is 11.1 Å². The van der Waals surface area contributed by atoms with Crippen molar-refractivity contribution in [1.82, 2.24) is 5.32 Å². The number of hydrogen-bond donors (Lipinski definition) is 2. The van der Waals surface area contributed by atoms with E-state index in [0.717, 1.165) is 38.5 Å². The summed E-state index contributed by atoms with van der Waals surface area (Å²) in [5.41, 5.74) is 5.48. The fourth-order valence-corrected chi connectivity index (χ4v) is 4.92. The molecule has 0 spiro atoms. The first-order valence-corrected chi connectivity index (χ1v) is 10.5. The van der Waals surface area contributed by atoms with Crippen molar-refractivity contribution < 1.29 is 13.3 Å². The summed E-state index contributed by atoms with van der Waals surface area (Å²) >= 11 is 0. The molecule has 0 atom stereocenters. The van der Waals surface area contributed by atoms with E-state index < -0.39 is 8.80 Å². The maximum Gasteiger partial charge on any atom is 0.500 e. The lowest BCUT2D eigenvalue weighted by Gasteiger charge is -2.28. The van der Waals surface area contributed by atoms with Crippen LogP contribution in [0.5, 0.6) is 0 Å². The molecule has 0 aromatic carbocycles. The lowest BCUT2D eigenvalue weighted by Crippen LogP contribution is -2.46. The highest BCUT2D eigenvalue weighted by Crippen LogP contribution is 2.17. The van der Waals surface area contributed by atoms with Crippen molar-refractivity contribution in [3.05, 3.63) is 0 Å². The summed E-state index contributed by atoms with van der Waals surface area (Å²) in [7, 11) is -2.44. The van der Waals surface area contributed by atoms with E-state index >= 15 is 0 Å². The molecular formula is C15H36N2O3Si. The Kier molecular flexibility index (Phi) is 14.9. The number of rotatable bonds is 16. The van der Waals surface area contributed by atoms with Crippen LogP contribution in [0.15, 0.2) is 0 Å². The first kappa shape index (κ1) is 21.0. The molecule has 128 valence electrons. The SMILES string of the molecule is CCO[Si](CCCNCCCCCCN)(OCC)OCC. The molecule has 0 bridgehead atoms. The lowest BCUT2D eigenvalue weighted by atomic mass is 10.2. The van der Waals surface area contributed by atoms with E-state index in [1.807, 2.05) is 20.8 Å². The van der Waals surface area contributed by atoms with E-state index in [4.69, 9.17) is 19.0 Å². The molecule has 5 nitrogen and oxygen atoms in total. The van der Waals surface area contributed by atoms with Gasteiger partial charge in [0.25, 0.3) is 0 Å². The number of nitrogens with two attached hydrogens (primary N) is 1. The normalized spacial score (nSPS) is 12.0. The van der Waals surface area contributed by atoms with Crippen molar-refractivity contribution in [2.45, 2.75) is 58.9 Å². The van der Waals surface area contributed by atoms with Gasteiger partial charge in [-0.3, -0.25) is 0 Å². The molecule has 0 aliphatic rings. The Labute approximate surface area is 132 Å². The van der Waals surface area contributed by atoms with Gasteiger partial charge in [-0.25, -0.2) is 0 Å². The molecule has 0 radical (unpaired) electrons. The fourth-order valence-electron chi connectivity index (χ4n) is 2.30. The molecule has 3 N–H and O–H groups in total. The van der Waals surface area contributed by atoms with Crippen LogP contribution in [0.25, 0.3) is 0 Å². The van der Waals surface area contributed by atoms with E-state index in [1.54, 1.807) is 0 Å². The predicted octanol–water partition coefficient (Wildman–Crippen LogP) is 2.53.